The molecule has 3 heterocycles. The van der Waals surface area contributed by atoms with Crippen molar-refractivity contribution in [2.75, 3.05) is 0 Å². The number of amides is 1. The van der Waals surface area contributed by atoms with Gasteiger partial charge in [0, 0.05) is 23.4 Å². The Kier molecular flexibility index (Phi) is 4.73. The van der Waals surface area contributed by atoms with Crippen molar-refractivity contribution in [3.05, 3.63) is 45.8 Å². The van der Waals surface area contributed by atoms with Crippen molar-refractivity contribution in [3.63, 3.8) is 0 Å². The summed E-state index contributed by atoms with van der Waals surface area (Å²) in [5.74, 6) is 0.775. The maximum absolute atomic E-state index is 12.6. The topological polar surface area (TPSA) is 93.8 Å². The van der Waals surface area contributed by atoms with E-state index in [4.69, 9.17) is 9.51 Å². The van der Waals surface area contributed by atoms with Gasteiger partial charge in [0.1, 0.15) is 10.8 Å². The molecule has 27 heavy (non-hydrogen) atoms. The number of fused-ring (bicyclic) bond motifs is 1. The van der Waals surface area contributed by atoms with Gasteiger partial charge in [-0.15, -0.1) is 11.3 Å². The van der Waals surface area contributed by atoms with Gasteiger partial charge < -0.3 is 9.84 Å². The van der Waals surface area contributed by atoms with Gasteiger partial charge in [0.05, 0.1) is 41.1 Å². The number of aromatic nitrogens is 4. The quantitative estimate of drug-likeness (QED) is 0.744. The highest BCUT2D eigenvalue weighted by Crippen LogP contribution is 2.37. The van der Waals surface area contributed by atoms with Gasteiger partial charge in [0.25, 0.3) is 0 Å². The molecule has 1 unspecified atom stereocenters. The molecule has 1 atom stereocenters. The van der Waals surface area contributed by atoms with Crippen LogP contribution in [-0.2, 0) is 24.2 Å². The van der Waals surface area contributed by atoms with Crippen LogP contribution in [0.4, 0.5) is 0 Å². The van der Waals surface area contributed by atoms with E-state index in [1.54, 1.807) is 23.7 Å². The minimum atomic E-state index is -0.0597. The average Bonchev–Trinajstić information content (AvgIpc) is 3.22. The zero-order valence-electron chi connectivity index (χ0n) is 15.6. The SMILES string of the molecule is Cc1cnc(CNC(=O)C2CCc3sc(-c4c(C)noc4C)nc3C2)cn1. The normalized spacial score (nSPS) is 16.2. The Morgan fingerprint density at radius 3 is 2.85 bits per heavy atom. The molecule has 1 aliphatic carbocycles. The van der Waals surface area contributed by atoms with E-state index < -0.39 is 0 Å². The number of carbonyl (C=O) groups is 1. The van der Waals surface area contributed by atoms with Crippen LogP contribution in [0.1, 0.15) is 39.8 Å². The third-order valence-corrected chi connectivity index (χ3v) is 6.01. The van der Waals surface area contributed by atoms with Crippen molar-refractivity contribution in [1.29, 1.82) is 0 Å². The lowest BCUT2D eigenvalue weighted by Crippen LogP contribution is -2.33. The predicted molar refractivity (Wildman–Crippen MR) is 101 cm³/mol. The van der Waals surface area contributed by atoms with Gasteiger partial charge in [-0.1, -0.05) is 5.16 Å². The van der Waals surface area contributed by atoms with E-state index >= 15 is 0 Å². The minimum absolute atomic E-state index is 0.0508. The second-order valence-electron chi connectivity index (χ2n) is 6.89. The van der Waals surface area contributed by atoms with E-state index in [0.717, 1.165) is 51.9 Å². The first-order valence-corrected chi connectivity index (χ1v) is 9.80. The molecule has 0 saturated carbocycles. The monoisotopic (exact) mass is 383 g/mol. The van der Waals surface area contributed by atoms with Crippen LogP contribution in [0.5, 0.6) is 0 Å². The summed E-state index contributed by atoms with van der Waals surface area (Å²) in [6.45, 7) is 6.12. The second kappa shape index (κ2) is 7.19. The summed E-state index contributed by atoms with van der Waals surface area (Å²) >= 11 is 1.69. The summed E-state index contributed by atoms with van der Waals surface area (Å²) in [5, 5.41) is 7.93. The summed E-state index contributed by atoms with van der Waals surface area (Å²) in [4.78, 5) is 27.1. The van der Waals surface area contributed by atoms with Crippen LogP contribution in [0.25, 0.3) is 10.6 Å². The average molecular weight is 383 g/mol. The zero-order chi connectivity index (χ0) is 19.0. The van der Waals surface area contributed by atoms with Crippen molar-refractivity contribution in [1.82, 2.24) is 25.4 Å². The van der Waals surface area contributed by atoms with Crippen molar-refractivity contribution in [3.8, 4) is 10.6 Å². The van der Waals surface area contributed by atoms with E-state index in [2.05, 4.69) is 20.4 Å². The fourth-order valence-corrected chi connectivity index (χ4v) is 4.58. The lowest BCUT2D eigenvalue weighted by atomic mass is 9.90. The van der Waals surface area contributed by atoms with E-state index in [1.807, 2.05) is 20.8 Å². The van der Waals surface area contributed by atoms with Gasteiger partial charge in [-0.2, -0.15) is 0 Å². The number of aryl methyl sites for hydroxylation is 4. The highest BCUT2D eigenvalue weighted by Gasteiger charge is 2.28. The molecule has 0 bridgehead atoms. The molecule has 3 aromatic rings. The first kappa shape index (κ1) is 17.8. The molecule has 0 radical (unpaired) electrons. The summed E-state index contributed by atoms with van der Waals surface area (Å²) in [5.41, 5.74) is 4.49. The van der Waals surface area contributed by atoms with Gasteiger partial charge in [-0.25, -0.2) is 4.98 Å². The molecule has 140 valence electrons. The van der Waals surface area contributed by atoms with Gasteiger partial charge in [-0.05, 0) is 33.6 Å². The lowest BCUT2D eigenvalue weighted by molar-refractivity contribution is -0.125. The highest BCUT2D eigenvalue weighted by atomic mass is 32.1. The van der Waals surface area contributed by atoms with Crippen LogP contribution >= 0.6 is 11.3 Å². The Morgan fingerprint density at radius 1 is 1.30 bits per heavy atom. The van der Waals surface area contributed by atoms with Gasteiger partial charge in [0.2, 0.25) is 5.91 Å². The number of hydrogen-bond donors (Lipinski definition) is 1. The summed E-state index contributed by atoms with van der Waals surface area (Å²) in [6, 6.07) is 0. The van der Waals surface area contributed by atoms with E-state index in [1.165, 1.54) is 4.88 Å². The Balaban J connectivity index is 1.43. The second-order valence-corrected chi connectivity index (χ2v) is 7.98. The summed E-state index contributed by atoms with van der Waals surface area (Å²) in [6.07, 6.45) is 5.78. The Hall–Kier alpha value is -2.61. The van der Waals surface area contributed by atoms with Gasteiger partial charge in [-0.3, -0.25) is 14.8 Å². The third kappa shape index (κ3) is 3.62. The molecular weight excluding hydrogens is 362 g/mol. The van der Waals surface area contributed by atoms with E-state index in [9.17, 15) is 4.79 Å². The van der Waals surface area contributed by atoms with Crippen molar-refractivity contribution < 1.29 is 9.32 Å². The number of hydrogen-bond acceptors (Lipinski definition) is 7. The molecule has 3 aromatic heterocycles. The van der Waals surface area contributed by atoms with Crippen molar-refractivity contribution in [2.45, 2.75) is 46.6 Å². The molecule has 1 aliphatic rings. The van der Waals surface area contributed by atoms with Gasteiger partial charge in [0.15, 0.2) is 0 Å². The molecule has 1 amide bonds. The third-order valence-electron chi connectivity index (χ3n) is 4.83. The fraction of sp³-hybridized carbons (Fsp3) is 0.421. The molecule has 7 nitrogen and oxygen atoms in total. The predicted octanol–water partition coefficient (Wildman–Crippen LogP) is 2.93. The molecule has 1 N–H and O–H groups in total. The molecule has 8 heteroatoms. The number of carbonyl (C=O) groups excluding carboxylic acids is 1. The number of nitrogens with zero attached hydrogens (tertiary/aromatic N) is 4. The standard InChI is InChI=1S/C19H21N5O2S/c1-10-7-21-14(8-20-10)9-22-18(25)13-4-5-16-15(6-13)23-19(27-16)17-11(2)24-26-12(17)3/h7-8,13H,4-6,9H2,1-3H3,(H,22,25). The summed E-state index contributed by atoms with van der Waals surface area (Å²) in [7, 11) is 0. The number of rotatable bonds is 4. The van der Waals surface area contributed by atoms with Crippen LogP contribution in [-0.4, -0.2) is 26.0 Å². The highest BCUT2D eigenvalue weighted by molar-refractivity contribution is 7.15. The largest absolute Gasteiger partial charge is 0.361 e. The Labute approximate surface area is 161 Å². The summed E-state index contributed by atoms with van der Waals surface area (Å²) < 4.78 is 5.26. The minimum Gasteiger partial charge on any atom is -0.361 e. The molecule has 0 fully saturated rings. The first-order valence-electron chi connectivity index (χ1n) is 8.98. The zero-order valence-corrected chi connectivity index (χ0v) is 16.4. The van der Waals surface area contributed by atoms with Crippen LogP contribution in [0.15, 0.2) is 16.9 Å². The first-order chi connectivity index (χ1) is 13.0. The van der Waals surface area contributed by atoms with E-state index in [-0.39, 0.29) is 11.8 Å². The molecule has 0 spiro atoms. The molecule has 0 aromatic carbocycles. The van der Waals surface area contributed by atoms with Crippen LogP contribution in [0.3, 0.4) is 0 Å². The number of thiazole rings is 1. The van der Waals surface area contributed by atoms with E-state index in [0.29, 0.717) is 13.0 Å². The van der Waals surface area contributed by atoms with Gasteiger partial charge >= 0.3 is 0 Å². The van der Waals surface area contributed by atoms with Crippen molar-refractivity contribution >= 4 is 17.2 Å². The Morgan fingerprint density at radius 2 is 2.15 bits per heavy atom. The molecule has 0 saturated heterocycles. The van der Waals surface area contributed by atoms with Crippen LogP contribution in [0.2, 0.25) is 0 Å². The van der Waals surface area contributed by atoms with Crippen LogP contribution in [0, 0.1) is 26.7 Å². The molecule has 0 aliphatic heterocycles. The maximum Gasteiger partial charge on any atom is 0.223 e. The van der Waals surface area contributed by atoms with Crippen molar-refractivity contribution in [2.24, 2.45) is 5.92 Å². The maximum atomic E-state index is 12.6. The lowest BCUT2D eigenvalue weighted by Gasteiger charge is -2.20. The smallest absolute Gasteiger partial charge is 0.223 e. The fourth-order valence-electron chi connectivity index (χ4n) is 3.33. The Bertz CT molecular complexity index is 957. The molecule has 4 rings (SSSR count). The number of nitrogens with one attached hydrogen (secondary N) is 1. The van der Waals surface area contributed by atoms with Crippen LogP contribution < -0.4 is 5.32 Å². The molecular formula is C19H21N5O2S.